The smallest absolute Gasteiger partial charge is 0.263 e. The largest absolute Gasteiger partial charge is 0.375 e. The highest BCUT2D eigenvalue weighted by Crippen LogP contribution is 2.19. The Morgan fingerprint density at radius 1 is 1.61 bits per heavy atom. The second kappa shape index (κ2) is 5.18. The van der Waals surface area contributed by atoms with Crippen LogP contribution in [0.4, 0.5) is 5.13 Å². The zero-order valence-electron chi connectivity index (χ0n) is 10.3. The molecule has 0 radical (unpaired) electrons. The van der Waals surface area contributed by atoms with E-state index in [4.69, 9.17) is 5.73 Å². The molecule has 7 heteroatoms. The van der Waals surface area contributed by atoms with Crippen LogP contribution in [0.3, 0.4) is 0 Å². The van der Waals surface area contributed by atoms with Crippen molar-refractivity contribution in [2.45, 2.75) is 13.3 Å². The molecule has 2 rings (SSSR count). The molecule has 0 atom stereocenters. The minimum absolute atomic E-state index is 0.129. The average molecular weight is 265 g/mol. The quantitative estimate of drug-likeness (QED) is 0.853. The van der Waals surface area contributed by atoms with Crippen molar-refractivity contribution in [1.82, 2.24) is 19.9 Å². The summed E-state index contributed by atoms with van der Waals surface area (Å²) in [7, 11) is 1.93. The number of thiazole rings is 1. The molecular formula is C11H15N5OS. The summed E-state index contributed by atoms with van der Waals surface area (Å²) in [6, 6.07) is 0. The highest BCUT2D eigenvalue weighted by Gasteiger charge is 2.13. The normalized spacial score (nSPS) is 10.6. The van der Waals surface area contributed by atoms with E-state index in [0.717, 1.165) is 5.82 Å². The van der Waals surface area contributed by atoms with Crippen LogP contribution < -0.4 is 11.1 Å². The number of nitrogens with zero attached hydrogens (tertiary/aromatic N) is 3. The van der Waals surface area contributed by atoms with Gasteiger partial charge in [-0.2, -0.15) is 0 Å². The molecule has 2 aromatic rings. The summed E-state index contributed by atoms with van der Waals surface area (Å²) in [5.74, 6) is 0.812. The van der Waals surface area contributed by atoms with E-state index in [0.29, 0.717) is 28.7 Å². The lowest BCUT2D eigenvalue weighted by Crippen LogP contribution is -2.26. The van der Waals surface area contributed by atoms with Gasteiger partial charge in [0.2, 0.25) is 0 Å². The third-order valence-electron chi connectivity index (χ3n) is 2.57. The van der Waals surface area contributed by atoms with E-state index in [2.05, 4.69) is 15.3 Å². The first-order valence-electron chi connectivity index (χ1n) is 5.55. The van der Waals surface area contributed by atoms with E-state index in [1.54, 1.807) is 13.1 Å². The zero-order valence-corrected chi connectivity index (χ0v) is 11.1. The van der Waals surface area contributed by atoms with E-state index >= 15 is 0 Å². The minimum Gasteiger partial charge on any atom is -0.375 e. The predicted molar refractivity (Wildman–Crippen MR) is 70.5 cm³/mol. The number of amides is 1. The van der Waals surface area contributed by atoms with Gasteiger partial charge < -0.3 is 15.6 Å². The van der Waals surface area contributed by atoms with Crippen molar-refractivity contribution in [2.24, 2.45) is 7.05 Å². The summed E-state index contributed by atoms with van der Waals surface area (Å²) in [6.45, 7) is 2.32. The molecule has 0 aliphatic heterocycles. The highest BCUT2D eigenvalue weighted by molar-refractivity contribution is 7.17. The minimum atomic E-state index is -0.129. The van der Waals surface area contributed by atoms with Gasteiger partial charge in [0.25, 0.3) is 5.91 Å². The first kappa shape index (κ1) is 12.6. The lowest BCUT2D eigenvalue weighted by atomic mass is 10.3. The van der Waals surface area contributed by atoms with Crippen molar-refractivity contribution in [3.05, 3.63) is 28.8 Å². The molecule has 3 N–H and O–H groups in total. The van der Waals surface area contributed by atoms with Crippen LogP contribution in [0, 0.1) is 6.92 Å². The van der Waals surface area contributed by atoms with Crippen LogP contribution in [0.1, 0.15) is 21.2 Å². The second-order valence-electron chi connectivity index (χ2n) is 3.93. The number of carbonyl (C=O) groups is 1. The van der Waals surface area contributed by atoms with Crippen LogP contribution in [0.25, 0.3) is 0 Å². The van der Waals surface area contributed by atoms with Gasteiger partial charge in [-0.25, -0.2) is 9.97 Å². The van der Waals surface area contributed by atoms with Crippen molar-refractivity contribution in [1.29, 1.82) is 0 Å². The van der Waals surface area contributed by atoms with E-state index in [9.17, 15) is 4.79 Å². The molecule has 0 aromatic carbocycles. The molecule has 0 saturated heterocycles. The van der Waals surface area contributed by atoms with Crippen LogP contribution in [-0.2, 0) is 13.5 Å². The maximum absolute atomic E-state index is 11.9. The first-order chi connectivity index (χ1) is 8.58. The van der Waals surface area contributed by atoms with E-state index in [1.165, 1.54) is 11.3 Å². The summed E-state index contributed by atoms with van der Waals surface area (Å²) in [5.41, 5.74) is 6.23. The Kier molecular flexibility index (Phi) is 3.61. The first-order valence-corrected chi connectivity index (χ1v) is 6.37. The Hall–Kier alpha value is -1.89. The van der Waals surface area contributed by atoms with Crippen LogP contribution >= 0.6 is 11.3 Å². The van der Waals surface area contributed by atoms with Gasteiger partial charge >= 0.3 is 0 Å². The standard InChI is InChI=1S/C11H15N5OS/c1-7-9(18-11(12)15-7)10(17)14-4-3-8-13-5-6-16(8)2/h5-6H,3-4H2,1-2H3,(H2,12,15)(H,14,17). The fourth-order valence-corrected chi connectivity index (χ4v) is 2.38. The summed E-state index contributed by atoms with van der Waals surface area (Å²) in [6.07, 6.45) is 4.32. The van der Waals surface area contributed by atoms with Gasteiger partial charge in [-0.05, 0) is 6.92 Å². The fraction of sp³-hybridized carbons (Fsp3) is 0.364. The Balaban J connectivity index is 1.89. The molecule has 96 valence electrons. The molecule has 0 unspecified atom stereocenters. The van der Waals surface area contributed by atoms with Crippen LogP contribution in [0.5, 0.6) is 0 Å². The molecule has 0 aliphatic carbocycles. The number of imidazole rings is 1. The third kappa shape index (κ3) is 2.67. The van der Waals surface area contributed by atoms with Gasteiger partial charge in [-0.3, -0.25) is 4.79 Å². The number of hydrogen-bond acceptors (Lipinski definition) is 5. The van der Waals surface area contributed by atoms with Crippen molar-refractivity contribution in [3.8, 4) is 0 Å². The van der Waals surface area contributed by atoms with Crippen molar-refractivity contribution in [3.63, 3.8) is 0 Å². The third-order valence-corrected chi connectivity index (χ3v) is 3.56. The summed E-state index contributed by atoms with van der Waals surface area (Å²) >= 11 is 1.21. The van der Waals surface area contributed by atoms with Crippen molar-refractivity contribution < 1.29 is 4.79 Å². The van der Waals surface area contributed by atoms with E-state index in [-0.39, 0.29) is 5.91 Å². The summed E-state index contributed by atoms with van der Waals surface area (Å²) in [5, 5.41) is 3.26. The van der Waals surface area contributed by atoms with Gasteiger partial charge in [-0.15, -0.1) is 0 Å². The predicted octanol–water partition coefficient (Wildman–Crippen LogP) is 0.740. The number of hydrogen-bond donors (Lipinski definition) is 2. The number of carbonyl (C=O) groups excluding carboxylic acids is 1. The van der Waals surface area contributed by atoms with Gasteiger partial charge in [0.05, 0.1) is 5.69 Å². The molecule has 1 amide bonds. The number of aryl methyl sites for hydroxylation is 2. The Morgan fingerprint density at radius 2 is 2.39 bits per heavy atom. The van der Waals surface area contributed by atoms with Crippen molar-refractivity contribution >= 4 is 22.4 Å². The molecular weight excluding hydrogens is 250 g/mol. The topological polar surface area (TPSA) is 85.8 Å². The highest BCUT2D eigenvalue weighted by atomic mass is 32.1. The Labute approximate surface area is 109 Å². The maximum atomic E-state index is 11.9. The second-order valence-corrected chi connectivity index (χ2v) is 4.96. The number of nitrogen functional groups attached to an aromatic ring is 1. The van der Waals surface area contributed by atoms with Gasteiger partial charge in [-0.1, -0.05) is 11.3 Å². The Bertz CT molecular complexity index is 560. The number of nitrogens with two attached hydrogens (primary N) is 1. The number of rotatable bonds is 4. The molecule has 2 heterocycles. The molecule has 18 heavy (non-hydrogen) atoms. The van der Waals surface area contributed by atoms with Crippen LogP contribution in [0.15, 0.2) is 12.4 Å². The lowest BCUT2D eigenvalue weighted by Gasteiger charge is -2.04. The van der Waals surface area contributed by atoms with E-state index < -0.39 is 0 Å². The average Bonchev–Trinajstić information content (AvgIpc) is 2.85. The maximum Gasteiger partial charge on any atom is 0.263 e. The van der Waals surface area contributed by atoms with Gasteiger partial charge in [0.15, 0.2) is 5.13 Å². The van der Waals surface area contributed by atoms with E-state index in [1.807, 2.05) is 17.8 Å². The van der Waals surface area contributed by atoms with Gasteiger partial charge in [0.1, 0.15) is 10.7 Å². The molecule has 0 bridgehead atoms. The number of nitrogens with one attached hydrogen (secondary N) is 1. The summed E-state index contributed by atoms with van der Waals surface area (Å²) < 4.78 is 1.93. The molecule has 0 saturated carbocycles. The fourth-order valence-electron chi connectivity index (χ4n) is 1.63. The van der Waals surface area contributed by atoms with Gasteiger partial charge in [0, 0.05) is 32.4 Å². The summed E-state index contributed by atoms with van der Waals surface area (Å²) in [4.78, 5) is 20.7. The molecule has 0 aliphatic rings. The van der Waals surface area contributed by atoms with Crippen LogP contribution in [0.2, 0.25) is 0 Å². The Morgan fingerprint density at radius 3 is 2.94 bits per heavy atom. The zero-order chi connectivity index (χ0) is 13.1. The molecule has 6 nitrogen and oxygen atoms in total. The number of aromatic nitrogens is 3. The molecule has 2 aromatic heterocycles. The number of anilines is 1. The van der Waals surface area contributed by atoms with Crippen LogP contribution in [-0.4, -0.2) is 27.0 Å². The lowest BCUT2D eigenvalue weighted by molar-refractivity contribution is 0.0957. The molecule has 0 spiro atoms. The monoisotopic (exact) mass is 265 g/mol. The van der Waals surface area contributed by atoms with Crippen molar-refractivity contribution in [2.75, 3.05) is 12.3 Å². The molecule has 0 fully saturated rings. The SMILES string of the molecule is Cc1nc(N)sc1C(=O)NCCc1nccn1C.